The lowest BCUT2D eigenvalue weighted by atomic mass is 9.93. The van der Waals surface area contributed by atoms with Crippen LogP contribution in [0.25, 0.3) is 0 Å². The van der Waals surface area contributed by atoms with E-state index in [-0.39, 0.29) is 48.0 Å². The third kappa shape index (κ3) is 7.27. The van der Waals surface area contributed by atoms with E-state index in [2.05, 4.69) is 0 Å². The van der Waals surface area contributed by atoms with Crippen molar-refractivity contribution in [2.45, 2.75) is 50.7 Å². The Bertz CT molecular complexity index is 1530. The van der Waals surface area contributed by atoms with Gasteiger partial charge < -0.3 is 29.5 Å². The molecular formula is C34H32O8. The van der Waals surface area contributed by atoms with Gasteiger partial charge in [0.25, 0.3) is 0 Å². The summed E-state index contributed by atoms with van der Waals surface area (Å²) in [6.07, 6.45) is 0.278. The molecule has 0 aromatic heterocycles. The number of fused-ring (bicyclic) bond motifs is 1. The Morgan fingerprint density at radius 1 is 0.762 bits per heavy atom. The summed E-state index contributed by atoms with van der Waals surface area (Å²) >= 11 is 0. The van der Waals surface area contributed by atoms with Crippen LogP contribution in [0.1, 0.15) is 47.6 Å². The monoisotopic (exact) mass is 568 g/mol. The summed E-state index contributed by atoms with van der Waals surface area (Å²) in [7, 11) is 0. The Morgan fingerprint density at radius 2 is 1.43 bits per heavy atom. The number of hydrogen-bond acceptors (Lipinski definition) is 8. The number of benzene rings is 4. The molecular weight excluding hydrogens is 536 g/mol. The minimum Gasteiger partial charge on any atom is -0.504 e. The van der Waals surface area contributed by atoms with Gasteiger partial charge in [-0.05, 0) is 48.1 Å². The smallest absolute Gasteiger partial charge is 0.311 e. The van der Waals surface area contributed by atoms with Crippen molar-refractivity contribution in [2.75, 3.05) is 0 Å². The molecule has 0 saturated carbocycles. The molecule has 4 aromatic rings. The van der Waals surface area contributed by atoms with Gasteiger partial charge in [-0.1, -0.05) is 66.7 Å². The quantitative estimate of drug-likeness (QED) is 0.128. The number of aryl methyl sites for hydroxylation is 2. The van der Waals surface area contributed by atoms with Gasteiger partial charge in [0.1, 0.15) is 23.4 Å². The van der Waals surface area contributed by atoms with E-state index in [1.165, 1.54) is 30.3 Å². The van der Waals surface area contributed by atoms with Crippen molar-refractivity contribution in [3.8, 4) is 28.7 Å². The van der Waals surface area contributed by atoms with Crippen molar-refractivity contribution >= 4 is 11.9 Å². The molecule has 8 nitrogen and oxygen atoms in total. The van der Waals surface area contributed by atoms with Crippen molar-refractivity contribution in [3.63, 3.8) is 0 Å². The zero-order valence-corrected chi connectivity index (χ0v) is 22.9. The number of phenols is 2. The van der Waals surface area contributed by atoms with Crippen molar-refractivity contribution < 1.29 is 39.1 Å². The Kier molecular flexibility index (Phi) is 9.04. The first-order chi connectivity index (χ1) is 20.4. The van der Waals surface area contributed by atoms with Crippen molar-refractivity contribution in [1.29, 1.82) is 0 Å². The van der Waals surface area contributed by atoms with Crippen LogP contribution in [-0.4, -0.2) is 33.4 Å². The van der Waals surface area contributed by atoms with E-state index in [1.807, 2.05) is 60.7 Å². The Morgan fingerprint density at radius 3 is 2.12 bits per heavy atom. The fourth-order valence-corrected chi connectivity index (χ4v) is 4.92. The lowest BCUT2D eigenvalue weighted by Crippen LogP contribution is -2.31. The predicted molar refractivity (Wildman–Crippen MR) is 155 cm³/mol. The molecule has 0 aliphatic carbocycles. The van der Waals surface area contributed by atoms with Gasteiger partial charge in [0.15, 0.2) is 11.5 Å². The molecule has 3 N–H and O–H groups in total. The average molecular weight is 569 g/mol. The van der Waals surface area contributed by atoms with E-state index in [1.54, 1.807) is 0 Å². The van der Waals surface area contributed by atoms with E-state index >= 15 is 0 Å². The van der Waals surface area contributed by atoms with Crippen LogP contribution in [0.4, 0.5) is 0 Å². The fourth-order valence-electron chi connectivity index (χ4n) is 4.92. The number of aromatic hydroxyl groups is 2. The average Bonchev–Trinajstić information content (AvgIpc) is 2.99. The minimum atomic E-state index is -1.05. The predicted octanol–water partition coefficient (Wildman–Crippen LogP) is 5.60. The molecule has 216 valence electrons. The van der Waals surface area contributed by atoms with E-state index in [0.29, 0.717) is 24.0 Å². The molecule has 2 atom stereocenters. The lowest BCUT2D eigenvalue weighted by Gasteiger charge is -2.32. The van der Waals surface area contributed by atoms with Crippen molar-refractivity contribution in [2.24, 2.45) is 0 Å². The molecule has 8 heteroatoms. The van der Waals surface area contributed by atoms with E-state index in [0.717, 1.165) is 17.5 Å². The SMILES string of the molecule is O=C(CCCc1ccccc1)Oc1cc(OC(=O)CCc2ccccc2)c2c(c1)O[C@@H](c1ccc(O)c(O)c1)[C@@H](O)C2. The van der Waals surface area contributed by atoms with Crippen LogP contribution in [-0.2, 0) is 28.9 Å². The molecule has 0 unspecified atom stereocenters. The van der Waals surface area contributed by atoms with Gasteiger partial charge in [-0.15, -0.1) is 0 Å². The highest BCUT2D eigenvalue weighted by atomic mass is 16.6. The summed E-state index contributed by atoms with van der Waals surface area (Å²) in [6, 6.07) is 26.6. The number of carbonyl (C=O) groups is 2. The number of aliphatic hydroxyl groups is 1. The first kappa shape index (κ1) is 28.7. The van der Waals surface area contributed by atoms with Crippen LogP contribution >= 0.6 is 0 Å². The van der Waals surface area contributed by atoms with Gasteiger partial charge in [0, 0.05) is 37.0 Å². The summed E-state index contributed by atoms with van der Waals surface area (Å²) in [4.78, 5) is 25.5. The molecule has 42 heavy (non-hydrogen) atoms. The van der Waals surface area contributed by atoms with Crippen LogP contribution in [0.2, 0.25) is 0 Å². The van der Waals surface area contributed by atoms with Crippen LogP contribution < -0.4 is 14.2 Å². The van der Waals surface area contributed by atoms with Gasteiger partial charge in [0.2, 0.25) is 0 Å². The first-order valence-corrected chi connectivity index (χ1v) is 13.9. The van der Waals surface area contributed by atoms with Crippen LogP contribution in [0, 0.1) is 0 Å². The zero-order chi connectivity index (χ0) is 29.5. The molecule has 4 aromatic carbocycles. The molecule has 0 radical (unpaired) electrons. The van der Waals surface area contributed by atoms with Gasteiger partial charge in [-0.25, -0.2) is 0 Å². The summed E-state index contributed by atoms with van der Waals surface area (Å²) in [5.41, 5.74) is 3.02. The van der Waals surface area contributed by atoms with Gasteiger partial charge >= 0.3 is 11.9 Å². The molecule has 0 saturated heterocycles. The number of aliphatic hydroxyl groups excluding tert-OH is 1. The van der Waals surface area contributed by atoms with Gasteiger partial charge in [-0.3, -0.25) is 9.59 Å². The van der Waals surface area contributed by atoms with Gasteiger partial charge in [-0.2, -0.15) is 0 Å². The highest BCUT2D eigenvalue weighted by Crippen LogP contribution is 2.43. The van der Waals surface area contributed by atoms with E-state index in [9.17, 15) is 24.9 Å². The summed E-state index contributed by atoms with van der Waals surface area (Å²) in [5.74, 6) is -0.999. The maximum atomic E-state index is 12.8. The van der Waals surface area contributed by atoms with Crippen LogP contribution in [0.15, 0.2) is 91.0 Å². The molecule has 0 bridgehead atoms. The Labute approximate surface area is 243 Å². The zero-order valence-electron chi connectivity index (χ0n) is 22.9. The number of hydrogen-bond donors (Lipinski definition) is 3. The molecule has 1 aliphatic rings. The van der Waals surface area contributed by atoms with Gasteiger partial charge in [0.05, 0.1) is 6.10 Å². The number of esters is 2. The number of phenolic OH excluding ortho intramolecular Hbond substituents is 2. The molecule has 0 fully saturated rings. The lowest BCUT2D eigenvalue weighted by molar-refractivity contribution is -0.134. The van der Waals surface area contributed by atoms with Crippen LogP contribution in [0.3, 0.4) is 0 Å². The Balaban J connectivity index is 1.34. The maximum Gasteiger partial charge on any atom is 0.311 e. The standard InChI is InChI=1S/C34H32O8/c35-27-16-15-24(18-28(27)36)34-29(37)21-26-30(41-33(39)17-14-23-10-5-2-6-11-23)19-25(20-31(26)42-34)40-32(38)13-7-12-22-8-3-1-4-9-22/h1-6,8-11,15-16,18-20,29,34-37H,7,12-14,17,21H2/t29-,34-/m0/s1. The summed E-state index contributed by atoms with van der Waals surface area (Å²) in [6.45, 7) is 0. The van der Waals surface area contributed by atoms with Crippen LogP contribution in [0.5, 0.6) is 28.7 Å². The molecule has 0 amide bonds. The molecule has 0 spiro atoms. The summed E-state index contributed by atoms with van der Waals surface area (Å²) < 4.78 is 17.5. The van der Waals surface area contributed by atoms with Crippen molar-refractivity contribution in [3.05, 3.63) is 113 Å². The second-order valence-corrected chi connectivity index (χ2v) is 10.2. The minimum absolute atomic E-state index is 0.0776. The summed E-state index contributed by atoms with van der Waals surface area (Å²) in [5, 5.41) is 30.6. The second kappa shape index (κ2) is 13.2. The molecule has 5 rings (SSSR count). The third-order valence-corrected chi connectivity index (χ3v) is 7.09. The normalized spacial score (nSPS) is 15.7. The second-order valence-electron chi connectivity index (χ2n) is 10.2. The van der Waals surface area contributed by atoms with E-state index in [4.69, 9.17) is 14.2 Å². The van der Waals surface area contributed by atoms with E-state index < -0.39 is 24.1 Å². The Hall–Kier alpha value is -4.82. The molecule has 1 heterocycles. The molecule has 1 aliphatic heterocycles. The highest BCUT2D eigenvalue weighted by molar-refractivity contribution is 5.75. The largest absolute Gasteiger partial charge is 0.504 e. The maximum absolute atomic E-state index is 12.8. The van der Waals surface area contributed by atoms with Crippen molar-refractivity contribution in [1.82, 2.24) is 0 Å². The number of rotatable bonds is 10. The first-order valence-electron chi connectivity index (χ1n) is 13.9. The third-order valence-electron chi connectivity index (χ3n) is 7.09. The number of ether oxygens (including phenoxy) is 3. The highest BCUT2D eigenvalue weighted by Gasteiger charge is 2.33. The number of carbonyl (C=O) groups excluding carboxylic acids is 2. The topological polar surface area (TPSA) is 123 Å². The fraction of sp³-hybridized carbons (Fsp3) is 0.235.